The van der Waals surface area contributed by atoms with Crippen LogP contribution in [0.5, 0.6) is 0 Å². The maximum atomic E-state index is 11.9. The highest BCUT2D eigenvalue weighted by Crippen LogP contribution is 2.25. The molecule has 1 fully saturated rings. The van der Waals surface area contributed by atoms with Crippen molar-refractivity contribution in [2.24, 2.45) is 5.92 Å². The predicted octanol–water partition coefficient (Wildman–Crippen LogP) is 3.54. The van der Waals surface area contributed by atoms with E-state index < -0.39 is 0 Å². The van der Waals surface area contributed by atoms with Crippen molar-refractivity contribution in [2.75, 3.05) is 0 Å². The smallest absolute Gasteiger partial charge is 0.161 e. The lowest BCUT2D eigenvalue weighted by Gasteiger charge is -2.19. The topological polar surface area (TPSA) is 17.1 Å². The largest absolute Gasteiger partial charge is 0.294 e. The molecule has 1 aromatic rings. The van der Waals surface area contributed by atoms with Crippen LogP contribution in [0.4, 0.5) is 0 Å². The molecule has 1 aromatic carbocycles. The fourth-order valence-electron chi connectivity index (χ4n) is 2.23. The molecule has 0 spiro atoms. The van der Waals surface area contributed by atoms with E-state index in [1.54, 1.807) is 0 Å². The van der Waals surface area contributed by atoms with Crippen molar-refractivity contribution >= 4 is 5.78 Å². The summed E-state index contributed by atoms with van der Waals surface area (Å²) in [6.45, 7) is 2.04. The van der Waals surface area contributed by atoms with Crippen molar-refractivity contribution in [1.29, 1.82) is 0 Å². The summed E-state index contributed by atoms with van der Waals surface area (Å²) in [5.41, 5.74) is 2.32. The third-order valence-electron chi connectivity index (χ3n) is 3.27. The van der Waals surface area contributed by atoms with Gasteiger partial charge in [0.05, 0.1) is 0 Å². The lowest BCUT2D eigenvalue weighted by Crippen LogP contribution is -2.18. The number of carbonyl (C=O) groups excluding carboxylic acids is 1. The lowest BCUT2D eigenvalue weighted by molar-refractivity contribution is -0.119. The second-order valence-electron chi connectivity index (χ2n) is 4.58. The molecule has 0 saturated heterocycles. The van der Waals surface area contributed by atoms with E-state index in [1.807, 2.05) is 25.1 Å². The summed E-state index contributed by atoms with van der Waals surface area (Å²) in [5, 5.41) is 0. The Balaban J connectivity index is 2.04. The number of allylic oxidation sites excluding steroid dienone is 2. The fourth-order valence-corrected chi connectivity index (χ4v) is 2.23. The van der Waals surface area contributed by atoms with Crippen LogP contribution in [0.25, 0.3) is 0 Å². The highest BCUT2D eigenvalue weighted by molar-refractivity contribution is 5.97. The van der Waals surface area contributed by atoms with Gasteiger partial charge in [-0.25, -0.2) is 0 Å². The van der Waals surface area contributed by atoms with Gasteiger partial charge in [-0.2, -0.15) is 0 Å². The van der Waals surface area contributed by atoms with E-state index in [4.69, 9.17) is 0 Å². The molecule has 0 bridgehead atoms. The Morgan fingerprint density at radius 3 is 2.81 bits per heavy atom. The lowest BCUT2D eigenvalue weighted by atomic mass is 9.85. The van der Waals surface area contributed by atoms with Crippen LogP contribution >= 0.6 is 0 Å². The van der Waals surface area contributed by atoms with Gasteiger partial charge in [-0.15, -0.1) is 0 Å². The van der Waals surface area contributed by atoms with Gasteiger partial charge in [-0.3, -0.25) is 4.79 Å². The normalized spacial score (nSPS) is 23.7. The van der Waals surface area contributed by atoms with Crippen LogP contribution in [0.15, 0.2) is 42.0 Å². The van der Waals surface area contributed by atoms with E-state index in [1.165, 1.54) is 5.56 Å². The quantitative estimate of drug-likeness (QED) is 0.688. The van der Waals surface area contributed by atoms with Crippen molar-refractivity contribution in [3.8, 4) is 0 Å². The average Bonchev–Trinajstić information content (AvgIpc) is 2.32. The molecule has 1 aliphatic carbocycles. The molecule has 0 N–H and O–H groups in total. The SMILES string of the molecule is CC1CCC/C(=C\Cc2ccccc2)C1=O. The Labute approximate surface area is 97.2 Å². The number of benzene rings is 1. The van der Waals surface area contributed by atoms with Crippen molar-refractivity contribution < 1.29 is 4.79 Å². The summed E-state index contributed by atoms with van der Waals surface area (Å²) in [5.74, 6) is 0.595. The Bertz CT molecular complexity index is 389. The Morgan fingerprint density at radius 2 is 2.06 bits per heavy atom. The molecule has 1 unspecified atom stereocenters. The molecule has 1 aliphatic rings. The molecule has 1 nitrogen and oxygen atoms in total. The summed E-state index contributed by atoms with van der Waals surface area (Å²) in [7, 11) is 0. The van der Waals surface area contributed by atoms with Crippen LogP contribution < -0.4 is 0 Å². The van der Waals surface area contributed by atoms with E-state index in [-0.39, 0.29) is 5.92 Å². The second-order valence-corrected chi connectivity index (χ2v) is 4.58. The average molecular weight is 214 g/mol. The number of hydrogen-bond acceptors (Lipinski definition) is 1. The zero-order valence-corrected chi connectivity index (χ0v) is 9.78. The summed E-state index contributed by atoms with van der Waals surface area (Å²) in [4.78, 5) is 11.9. The second kappa shape index (κ2) is 5.11. The molecule has 16 heavy (non-hydrogen) atoms. The van der Waals surface area contributed by atoms with E-state index in [0.29, 0.717) is 5.78 Å². The maximum Gasteiger partial charge on any atom is 0.161 e. The highest BCUT2D eigenvalue weighted by atomic mass is 16.1. The summed E-state index contributed by atoms with van der Waals surface area (Å²) >= 11 is 0. The number of hydrogen-bond donors (Lipinski definition) is 0. The van der Waals surface area contributed by atoms with E-state index >= 15 is 0 Å². The van der Waals surface area contributed by atoms with E-state index in [9.17, 15) is 4.79 Å². The minimum Gasteiger partial charge on any atom is -0.294 e. The van der Waals surface area contributed by atoms with Gasteiger partial charge in [0.1, 0.15) is 0 Å². The zero-order valence-electron chi connectivity index (χ0n) is 9.78. The molecule has 2 rings (SSSR count). The molecule has 84 valence electrons. The third-order valence-corrected chi connectivity index (χ3v) is 3.27. The molecule has 1 atom stereocenters. The van der Waals surface area contributed by atoms with Gasteiger partial charge in [0.25, 0.3) is 0 Å². The minimum atomic E-state index is 0.232. The van der Waals surface area contributed by atoms with Crippen molar-refractivity contribution in [3.63, 3.8) is 0 Å². The van der Waals surface area contributed by atoms with Gasteiger partial charge in [0.15, 0.2) is 5.78 Å². The molecule has 0 heterocycles. The predicted molar refractivity (Wildman–Crippen MR) is 66.3 cm³/mol. The van der Waals surface area contributed by atoms with Gasteiger partial charge in [0, 0.05) is 5.92 Å². The number of Topliss-reactive ketones (excluding diaryl/α,β-unsaturated/α-hetero) is 1. The first-order valence-corrected chi connectivity index (χ1v) is 6.04. The molecule has 0 amide bonds. The minimum absolute atomic E-state index is 0.232. The van der Waals surface area contributed by atoms with Gasteiger partial charge in [0.2, 0.25) is 0 Å². The van der Waals surface area contributed by atoms with Crippen LogP contribution in [0.3, 0.4) is 0 Å². The fraction of sp³-hybridized carbons (Fsp3) is 0.400. The van der Waals surface area contributed by atoms with Gasteiger partial charge in [-0.05, 0) is 36.8 Å². The molecule has 0 aliphatic heterocycles. The molecule has 1 saturated carbocycles. The molecular formula is C15H18O. The van der Waals surface area contributed by atoms with Crippen molar-refractivity contribution in [3.05, 3.63) is 47.5 Å². The first-order chi connectivity index (χ1) is 7.77. The Kier molecular flexibility index (Phi) is 3.55. The van der Waals surface area contributed by atoms with E-state index in [0.717, 1.165) is 31.3 Å². The summed E-state index contributed by atoms with van der Waals surface area (Å²) in [6.07, 6.45) is 6.19. The van der Waals surface area contributed by atoms with Gasteiger partial charge < -0.3 is 0 Å². The Hall–Kier alpha value is -1.37. The summed E-state index contributed by atoms with van der Waals surface area (Å²) < 4.78 is 0. The first-order valence-electron chi connectivity index (χ1n) is 6.04. The molecule has 0 aromatic heterocycles. The maximum absolute atomic E-state index is 11.9. The third kappa shape index (κ3) is 2.60. The van der Waals surface area contributed by atoms with Crippen molar-refractivity contribution in [2.45, 2.75) is 32.6 Å². The van der Waals surface area contributed by atoms with E-state index in [2.05, 4.69) is 18.2 Å². The monoisotopic (exact) mass is 214 g/mol. The van der Waals surface area contributed by atoms with Crippen LogP contribution in [0.1, 0.15) is 31.7 Å². The first kappa shape index (κ1) is 11.1. The highest BCUT2D eigenvalue weighted by Gasteiger charge is 2.21. The standard InChI is InChI=1S/C15H18O/c1-12-6-5-9-14(15(12)16)11-10-13-7-3-2-4-8-13/h2-4,7-8,11-12H,5-6,9-10H2,1H3/b14-11+. The van der Waals surface area contributed by atoms with Crippen molar-refractivity contribution in [1.82, 2.24) is 0 Å². The molecular weight excluding hydrogens is 196 g/mol. The molecule has 0 radical (unpaired) electrons. The number of ketones is 1. The number of rotatable bonds is 2. The van der Waals surface area contributed by atoms with Gasteiger partial charge >= 0.3 is 0 Å². The zero-order chi connectivity index (χ0) is 11.4. The number of carbonyl (C=O) groups is 1. The van der Waals surface area contributed by atoms with Crippen LogP contribution in [0.2, 0.25) is 0 Å². The Morgan fingerprint density at radius 1 is 1.31 bits per heavy atom. The van der Waals surface area contributed by atoms with Gasteiger partial charge in [-0.1, -0.05) is 43.3 Å². The van der Waals surface area contributed by atoms with Crippen LogP contribution in [0, 0.1) is 5.92 Å². The molecule has 1 heteroatoms. The van der Waals surface area contributed by atoms with Crippen LogP contribution in [-0.2, 0) is 11.2 Å². The van der Waals surface area contributed by atoms with Crippen LogP contribution in [-0.4, -0.2) is 5.78 Å². The summed E-state index contributed by atoms with van der Waals surface area (Å²) in [6, 6.07) is 10.3.